The highest BCUT2D eigenvalue weighted by molar-refractivity contribution is 7.15. The summed E-state index contributed by atoms with van der Waals surface area (Å²) < 4.78 is 5.06. The van der Waals surface area contributed by atoms with Crippen molar-refractivity contribution in [1.82, 2.24) is 15.2 Å². The maximum Gasteiger partial charge on any atom is 0.185 e. The van der Waals surface area contributed by atoms with Gasteiger partial charge in [-0.1, -0.05) is 0 Å². The molecular weight excluding hydrogens is 284 g/mol. The Hall–Kier alpha value is -0.690. The minimum atomic E-state index is 0.571. The Morgan fingerprint density at radius 3 is 2.62 bits per heavy atom. The highest BCUT2D eigenvalue weighted by Crippen LogP contribution is 2.28. The summed E-state index contributed by atoms with van der Waals surface area (Å²) in [6.07, 6.45) is 0. The molecule has 0 saturated carbocycles. The number of anilines is 1. The van der Waals surface area contributed by atoms with Gasteiger partial charge in [0, 0.05) is 50.2 Å². The van der Waals surface area contributed by atoms with Crippen LogP contribution in [0.1, 0.15) is 24.4 Å². The molecule has 2 atom stereocenters. The van der Waals surface area contributed by atoms with E-state index in [1.54, 1.807) is 7.11 Å². The second-order valence-electron chi connectivity index (χ2n) is 5.94. The van der Waals surface area contributed by atoms with Gasteiger partial charge in [0.05, 0.1) is 12.3 Å². The van der Waals surface area contributed by atoms with Gasteiger partial charge in [-0.2, -0.15) is 0 Å². The molecule has 2 unspecified atom stereocenters. The molecule has 0 bridgehead atoms. The lowest BCUT2D eigenvalue weighted by Crippen LogP contribution is -2.55. The zero-order chi connectivity index (χ0) is 15.4. The summed E-state index contributed by atoms with van der Waals surface area (Å²) in [4.78, 5) is 11.0. The van der Waals surface area contributed by atoms with Crippen LogP contribution in [0.2, 0.25) is 0 Å². The lowest BCUT2D eigenvalue weighted by Gasteiger charge is -2.42. The number of piperazine rings is 1. The Morgan fingerprint density at radius 1 is 1.33 bits per heavy atom. The summed E-state index contributed by atoms with van der Waals surface area (Å²) >= 11 is 1.82. The number of hydrogen-bond acceptors (Lipinski definition) is 6. The molecule has 2 rings (SSSR count). The van der Waals surface area contributed by atoms with E-state index in [4.69, 9.17) is 9.72 Å². The SMILES string of the molecule is COCCNCc1sc(N2CC(C)N(C)C(C)C2)nc1C. The van der Waals surface area contributed by atoms with E-state index < -0.39 is 0 Å². The number of ether oxygens (including phenoxy) is 1. The standard InChI is InChI=1S/C15H28N4OS/c1-11-9-19(10-12(2)18(11)4)15-17-13(3)14(21-15)8-16-6-7-20-5/h11-12,16H,6-10H2,1-5H3. The molecule has 0 aliphatic carbocycles. The van der Waals surface area contributed by atoms with Crippen LogP contribution in [-0.2, 0) is 11.3 Å². The van der Waals surface area contributed by atoms with Crippen molar-refractivity contribution in [1.29, 1.82) is 0 Å². The van der Waals surface area contributed by atoms with Gasteiger partial charge in [0.1, 0.15) is 0 Å². The smallest absolute Gasteiger partial charge is 0.185 e. The highest BCUT2D eigenvalue weighted by atomic mass is 32.1. The highest BCUT2D eigenvalue weighted by Gasteiger charge is 2.28. The average Bonchev–Trinajstić information content (AvgIpc) is 2.82. The monoisotopic (exact) mass is 312 g/mol. The summed E-state index contributed by atoms with van der Waals surface area (Å²) in [5, 5.41) is 4.57. The van der Waals surface area contributed by atoms with Crippen LogP contribution in [0.3, 0.4) is 0 Å². The maximum absolute atomic E-state index is 5.06. The summed E-state index contributed by atoms with van der Waals surface area (Å²) in [7, 11) is 3.94. The van der Waals surface area contributed by atoms with Crippen molar-refractivity contribution in [3.05, 3.63) is 10.6 Å². The fourth-order valence-electron chi connectivity index (χ4n) is 2.65. The first kappa shape index (κ1) is 16.7. The molecular formula is C15H28N4OS. The number of rotatable bonds is 6. The van der Waals surface area contributed by atoms with Crippen molar-refractivity contribution in [3.63, 3.8) is 0 Å². The zero-order valence-corrected chi connectivity index (χ0v) is 14.7. The van der Waals surface area contributed by atoms with E-state index in [9.17, 15) is 0 Å². The van der Waals surface area contributed by atoms with Crippen LogP contribution >= 0.6 is 11.3 Å². The second kappa shape index (κ2) is 7.54. The van der Waals surface area contributed by atoms with Gasteiger partial charge >= 0.3 is 0 Å². The third-order valence-corrected chi connectivity index (χ3v) is 5.50. The summed E-state index contributed by atoms with van der Waals surface area (Å²) in [5.41, 5.74) is 1.15. The van der Waals surface area contributed by atoms with Crippen LogP contribution in [0.5, 0.6) is 0 Å². The second-order valence-corrected chi connectivity index (χ2v) is 7.01. The van der Waals surface area contributed by atoms with Gasteiger partial charge in [-0.05, 0) is 27.8 Å². The van der Waals surface area contributed by atoms with Gasteiger partial charge in [0.15, 0.2) is 5.13 Å². The van der Waals surface area contributed by atoms with Crippen LogP contribution < -0.4 is 10.2 Å². The molecule has 2 heterocycles. The molecule has 21 heavy (non-hydrogen) atoms. The normalized spacial score (nSPS) is 23.8. The average molecular weight is 312 g/mol. The molecule has 0 spiro atoms. The third kappa shape index (κ3) is 4.16. The number of hydrogen-bond donors (Lipinski definition) is 1. The number of thiazole rings is 1. The minimum Gasteiger partial charge on any atom is -0.383 e. The van der Waals surface area contributed by atoms with Crippen LogP contribution in [-0.4, -0.2) is 62.4 Å². The van der Waals surface area contributed by atoms with Gasteiger partial charge < -0.3 is 15.0 Å². The predicted octanol–water partition coefficient (Wildman–Crippen LogP) is 1.72. The number of aryl methyl sites for hydroxylation is 1. The van der Waals surface area contributed by atoms with Gasteiger partial charge in [-0.15, -0.1) is 11.3 Å². The molecule has 120 valence electrons. The van der Waals surface area contributed by atoms with Gasteiger partial charge in [0.25, 0.3) is 0 Å². The summed E-state index contributed by atoms with van der Waals surface area (Å²) in [6, 6.07) is 1.14. The third-order valence-electron chi connectivity index (χ3n) is 4.28. The molecule has 1 aliphatic heterocycles. The van der Waals surface area contributed by atoms with Crippen molar-refractivity contribution in [3.8, 4) is 0 Å². The first-order valence-electron chi connectivity index (χ1n) is 7.65. The molecule has 1 fully saturated rings. The fourth-order valence-corrected chi connectivity index (χ4v) is 3.70. The quantitative estimate of drug-likeness (QED) is 0.810. The van der Waals surface area contributed by atoms with Crippen molar-refractivity contribution in [2.45, 2.75) is 39.4 Å². The van der Waals surface area contributed by atoms with Gasteiger partial charge in [-0.25, -0.2) is 4.98 Å². The van der Waals surface area contributed by atoms with E-state index in [0.29, 0.717) is 12.1 Å². The Bertz CT molecular complexity index is 439. The molecule has 0 aromatic carbocycles. The number of likely N-dealkylation sites (N-methyl/N-ethyl adjacent to an activating group) is 1. The van der Waals surface area contributed by atoms with Crippen LogP contribution in [0.15, 0.2) is 0 Å². The molecule has 1 aromatic heterocycles. The topological polar surface area (TPSA) is 40.6 Å². The molecule has 1 N–H and O–H groups in total. The Labute approximate surface area is 132 Å². The fraction of sp³-hybridized carbons (Fsp3) is 0.800. The number of nitrogens with one attached hydrogen (secondary N) is 1. The Balaban J connectivity index is 1.98. The van der Waals surface area contributed by atoms with Crippen molar-refractivity contribution in [2.24, 2.45) is 0 Å². The van der Waals surface area contributed by atoms with Gasteiger partial charge in [0.2, 0.25) is 0 Å². The van der Waals surface area contributed by atoms with Crippen LogP contribution in [0, 0.1) is 6.92 Å². The number of aromatic nitrogens is 1. The van der Waals surface area contributed by atoms with E-state index in [1.165, 1.54) is 10.0 Å². The van der Waals surface area contributed by atoms with E-state index in [0.717, 1.165) is 38.5 Å². The maximum atomic E-state index is 5.06. The largest absolute Gasteiger partial charge is 0.383 e. The van der Waals surface area contributed by atoms with Gasteiger partial charge in [-0.3, -0.25) is 4.90 Å². The predicted molar refractivity (Wildman–Crippen MR) is 89.3 cm³/mol. The minimum absolute atomic E-state index is 0.571. The summed E-state index contributed by atoms with van der Waals surface area (Å²) in [5.74, 6) is 0. The van der Waals surface area contributed by atoms with E-state index >= 15 is 0 Å². The van der Waals surface area contributed by atoms with E-state index in [1.807, 2.05) is 11.3 Å². The number of nitrogens with zero attached hydrogens (tertiary/aromatic N) is 3. The lowest BCUT2D eigenvalue weighted by atomic mass is 10.1. The number of methoxy groups -OCH3 is 1. The molecule has 1 aromatic rings. The zero-order valence-electron chi connectivity index (χ0n) is 13.8. The molecule has 6 heteroatoms. The van der Waals surface area contributed by atoms with Crippen molar-refractivity contribution < 1.29 is 4.74 Å². The first-order chi connectivity index (χ1) is 10.0. The van der Waals surface area contributed by atoms with E-state index in [-0.39, 0.29) is 0 Å². The molecule has 0 radical (unpaired) electrons. The first-order valence-corrected chi connectivity index (χ1v) is 8.47. The van der Waals surface area contributed by atoms with Crippen LogP contribution in [0.25, 0.3) is 0 Å². The Morgan fingerprint density at radius 2 is 2.00 bits per heavy atom. The van der Waals surface area contributed by atoms with E-state index in [2.05, 4.69) is 42.9 Å². The van der Waals surface area contributed by atoms with Crippen molar-refractivity contribution in [2.75, 3.05) is 45.3 Å². The molecule has 0 amide bonds. The molecule has 1 saturated heterocycles. The van der Waals surface area contributed by atoms with Crippen LogP contribution in [0.4, 0.5) is 5.13 Å². The molecule has 1 aliphatic rings. The summed E-state index contributed by atoms with van der Waals surface area (Å²) in [6.45, 7) is 11.3. The molecule has 5 nitrogen and oxygen atoms in total. The lowest BCUT2D eigenvalue weighted by molar-refractivity contribution is 0.170. The van der Waals surface area contributed by atoms with Crippen molar-refractivity contribution >= 4 is 16.5 Å². The Kier molecular flexibility index (Phi) is 5.98.